The number of hydrogen-bond acceptors (Lipinski definition) is 7. The maximum atomic E-state index is 13.5. The number of amides is 1. The lowest BCUT2D eigenvalue weighted by atomic mass is 9.72. The first kappa shape index (κ1) is 24.7. The number of fused-ring (bicyclic) bond motifs is 3. The molecule has 1 aliphatic carbocycles. The van der Waals surface area contributed by atoms with Crippen LogP contribution in [0.3, 0.4) is 0 Å². The molecule has 1 amide bonds. The van der Waals surface area contributed by atoms with Crippen molar-refractivity contribution in [2.24, 2.45) is 0 Å². The van der Waals surface area contributed by atoms with E-state index < -0.39 is 0 Å². The van der Waals surface area contributed by atoms with Gasteiger partial charge in [0, 0.05) is 42.9 Å². The Balaban J connectivity index is 1.18. The molecule has 3 aromatic rings. The Bertz CT molecular complexity index is 1380. The van der Waals surface area contributed by atoms with Crippen LogP contribution in [0.1, 0.15) is 77.1 Å². The minimum absolute atomic E-state index is 0.0492. The first-order chi connectivity index (χ1) is 18.3. The molecule has 4 heterocycles. The molecule has 0 saturated carbocycles. The summed E-state index contributed by atoms with van der Waals surface area (Å²) in [4.78, 5) is 39.9. The highest BCUT2D eigenvalue weighted by Gasteiger charge is 2.38. The number of nitrogen functional groups attached to an aromatic ring is 1. The Kier molecular flexibility index (Phi) is 6.26. The normalized spacial score (nSPS) is 19.3. The Hall–Kier alpha value is -3.59. The van der Waals surface area contributed by atoms with Gasteiger partial charge < -0.3 is 15.5 Å². The number of nitrogens with one attached hydrogen (secondary N) is 1. The largest absolute Gasteiger partial charge is 0.368 e. The molecule has 0 radical (unpaired) electrons. The Morgan fingerprint density at radius 1 is 1.11 bits per heavy atom. The number of aromatic nitrogens is 4. The third-order valence-corrected chi connectivity index (χ3v) is 8.41. The summed E-state index contributed by atoms with van der Waals surface area (Å²) in [5.74, 6) is 0.175. The highest BCUT2D eigenvalue weighted by atomic mass is 16.2. The van der Waals surface area contributed by atoms with Gasteiger partial charge in [0.05, 0.1) is 5.69 Å². The predicted molar refractivity (Wildman–Crippen MR) is 145 cm³/mol. The second kappa shape index (κ2) is 9.62. The number of likely N-dealkylation sites (tertiary alicyclic amines) is 2. The third kappa shape index (κ3) is 4.49. The first-order valence-corrected chi connectivity index (χ1v) is 13.7. The van der Waals surface area contributed by atoms with Crippen LogP contribution in [0.15, 0.2) is 30.5 Å². The summed E-state index contributed by atoms with van der Waals surface area (Å²) in [6.45, 7) is 8.16. The summed E-state index contributed by atoms with van der Waals surface area (Å²) >= 11 is 0. The molecular formula is C29H35N7O2. The average molecular weight is 514 g/mol. The van der Waals surface area contributed by atoms with E-state index in [1.165, 1.54) is 25.9 Å². The molecule has 2 aromatic heterocycles. The van der Waals surface area contributed by atoms with Crippen LogP contribution in [0.2, 0.25) is 0 Å². The minimum atomic E-state index is -0.321. The van der Waals surface area contributed by atoms with Crippen LogP contribution >= 0.6 is 0 Å². The predicted octanol–water partition coefficient (Wildman–Crippen LogP) is 3.41. The molecule has 9 heteroatoms. The van der Waals surface area contributed by atoms with Crippen LogP contribution in [-0.2, 0) is 18.3 Å². The van der Waals surface area contributed by atoms with Crippen LogP contribution in [0.5, 0.6) is 0 Å². The maximum absolute atomic E-state index is 13.5. The van der Waals surface area contributed by atoms with E-state index in [2.05, 4.69) is 38.9 Å². The van der Waals surface area contributed by atoms with E-state index in [-0.39, 0.29) is 29.5 Å². The standard InChI is InChI=1S/C29H35N7O2/c1-29(2)16-20-17-31-28(30)32-24(20)26-23(29)25(33-34-26)22(37)15-18-6-5-7-19(14-18)27(38)36-12-8-21(9-13-36)35-10-3-4-11-35/h5-7,14,17,21H,3-4,8-13,15-16H2,1-2H3,(H,33,34)(H2,30,31,32). The fourth-order valence-corrected chi connectivity index (χ4v) is 6.50. The highest BCUT2D eigenvalue weighted by Crippen LogP contribution is 2.43. The number of benzene rings is 1. The lowest BCUT2D eigenvalue weighted by molar-refractivity contribution is 0.0644. The molecule has 2 aliphatic heterocycles. The summed E-state index contributed by atoms with van der Waals surface area (Å²) < 4.78 is 0. The molecule has 3 N–H and O–H groups in total. The fourth-order valence-electron chi connectivity index (χ4n) is 6.50. The van der Waals surface area contributed by atoms with E-state index in [4.69, 9.17) is 5.73 Å². The Labute approximate surface area is 222 Å². The van der Waals surface area contributed by atoms with Crippen molar-refractivity contribution in [2.75, 3.05) is 31.9 Å². The average Bonchev–Trinajstić information content (AvgIpc) is 3.61. The van der Waals surface area contributed by atoms with Crippen molar-refractivity contribution in [1.29, 1.82) is 0 Å². The van der Waals surface area contributed by atoms with Crippen LogP contribution in [0.25, 0.3) is 11.4 Å². The molecule has 2 fully saturated rings. The van der Waals surface area contributed by atoms with Gasteiger partial charge >= 0.3 is 0 Å². The van der Waals surface area contributed by atoms with Gasteiger partial charge in [-0.3, -0.25) is 14.7 Å². The quantitative estimate of drug-likeness (QED) is 0.502. The number of nitrogens with zero attached hydrogens (tertiary/aromatic N) is 5. The smallest absolute Gasteiger partial charge is 0.253 e. The number of nitrogens with two attached hydrogens (primary N) is 1. The van der Waals surface area contributed by atoms with E-state index in [9.17, 15) is 9.59 Å². The summed E-state index contributed by atoms with van der Waals surface area (Å²) in [6.07, 6.45) is 7.26. The number of Topliss-reactive ketones (excluding diaryl/α,β-unsaturated/α-hetero) is 1. The lowest BCUT2D eigenvalue weighted by Gasteiger charge is -2.36. The number of H-pyrrole nitrogens is 1. The van der Waals surface area contributed by atoms with Crippen molar-refractivity contribution in [3.63, 3.8) is 0 Å². The van der Waals surface area contributed by atoms with Crippen molar-refractivity contribution < 1.29 is 9.59 Å². The van der Waals surface area contributed by atoms with Gasteiger partial charge in [0.1, 0.15) is 11.4 Å². The van der Waals surface area contributed by atoms with E-state index in [0.29, 0.717) is 35.1 Å². The first-order valence-electron chi connectivity index (χ1n) is 13.7. The van der Waals surface area contributed by atoms with E-state index in [0.717, 1.165) is 42.6 Å². The molecule has 0 atom stereocenters. The number of rotatable bonds is 5. The highest BCUT2D eigenvalue weighted by molar-refractivity contribution is 6.00. The van der Waals surface area contributed by atoms with Crippen molar-refractivity contribution in [1.82, 2.24) is 30.0 Å². The Morgan fingerprint density at radius 3 is 2.63 bits per heavy atom. The van der Waals surface area contributed by atoms with Crippen molar-refractivity contribution in [3.05, 3.63) is 58.4 Å². The molecule has 9 nitrogen and oxygen atoms in total. The second-order valence-corrected chi connectivity index (χ2v) is 11.6. The van der Waals surface area contributed by atoms with Crippen LogP contribution in [0.4, 0.5) is 5.95 Å². The number of carbonyl (C=O) groups excluding carboxylic acids is 2. The number of ketones is 1. The van der Waals surface area contributed by atoms with Crippen molar-refractivity contribution in [3.8, 4) is 11.4 Å². The molecule has 0 spiro atoms. The Morgan fingerprint density at radius 2 is 1.87 bits per heavy atom. The van der Waals surface area contributed by atoms with E-state index >= 15 is 0 Å². The molecule has 38 heavy (non-hydrogen) atoms. The molecule has 2 saturated heterocycles. The molecule has 0 bridgehead atoms. The summed E-state index contributed by atoms with van der Waals surface area (Å²) in [7, 11) is 0. The number of aromatic amines is 1. The van der Waals surface area contributed by atoms with Gasteiger partial charge in [-0.2, -0.15) is 5.10 Å². The van der Waals surface area contributed by atoms with Crippen LogP contribution in [0, 0.1) is 0 Å². The zero-order valence-electron chi connectivity index (χ0n) is 22.2. The maximum Gasteiger partial charge on any atom is 0.253 e. The molecule has 3 aliphatic rings. The summed E-state index contributed by atoms with van der Waals surface area (Å²) in [6, 6.07) is 8.10. The number of piperidine rings is 1. The zero-order chi connectivity index (χ0) is 26.4. The van der Waals surface area contributed by atoms with E-state index in [1.54, 1.807) is 6.20 Å². The number of anilines is 1. The van der Waals surface area contributed by atoms with Gasteiger partial charge in [-0.05, 0) is 73.9 Å². The van der Waals surface area contributed by atoms with Gasteiger partial charge in [0.15, 0.2) is 5.78 Å². The summed E-state index contributed by atoms with van der Waals surface area (Å²) in [5.41, 5.74) is 10.7. The number of carbonyl (C=O) groups is 2. The SMILES string of the molecule is CC1(C)Cc2cnc(N)nc2-c2n[nH]c(C(=O)Cc3cccc(C(=O)N4CCC(N5CCCC5)CC4)c3)c21. The molecular weight excluding hydrogens is 478 g/mol. The second-order valence-electron chi connectivity index (χ2n) is 11.6. The molecule has 1 aromatic carbocycles. The van der Waals surface area contributed by atoms with Gasteiger partial charge in [-0.1, -0.05) is 26.0 Å². The molecule has 0 unspecified atom stereocenters. The zero-order valence-corrected chi connectivity index (χ0v) is 22.2. The number of hydrogen-bond donors (Lipinski definition) is 2. The molecule has 6 rings (SSSR count). The van der Waals surface area contributed by atoms with Gasteiger partial charge in [-0.25, -0.2) is 9.97 Å². The third-order valence-electron chi connectivity index (χ3n) is 8.41. The summed E-state index contributed by atoms with van der Waals surface area (Å²) in [5, 5.41) is 7.47. The fraction of sp³-hybridized carbons (Fsp3) is 0.483. The van der Waals surface area contributed by atoms with Gasteiger partial charge in [-0.15, -0.1) is 0 Å². The lowest BCUT2D eigenvalue weighted by Crippen LogP contribution is -2.45. The van der Waals surface area contributed by atoms with Crippen molar-refractivity contribution in [2.45, 2.75) is 63.8 Å². The topological polar surface area (TPSA) is 121 Å². The van der Waals surface area contributed by atoms with Gasteiger partial charge in [0.25, 0.3) is 5.91 Å². The molecule has 198 valence electrons. The van der Waals surface area contributed by atoms with Crippen LogP contribution in [-0.4, -0.2) is 73.9 Å². The monoisotopic (exact) mass is 513 g/mol. The minimum Gasteiger partial charge on any atom is -0.368 e. The van der Waals surface area contributed by atoms with Crippen molar-refractivity contribution >= 4 is 17.6 Å². The van der Waals surface area contributed by atoms with E-state index in [1.807, 2.05) is 29.2 Å². The van der Waals surface area contributed by atoms with Crippen LogP contribution < -0.4 is 5.73 Å². The van der Waals surface area contributed by atoms with Gasteiger partial charge in [0.2, 0.25) is 5.95 Å².